The summed E-state index contributed by atoms with van der Waals surface area (Å²) in [5.41, 5.74) is 0.554. The van der Waals surface area contributed by atoms with Crippen LogP contribution in [-0.2, 0) is 4.79 Å². The largest absolute Gasteiger partial charge is 0.478 e. The molecule has 0 aromatic heterocycles. The summed E-state index contributed by atoms with van der Waals surface area (Å²) < 4.78 is 0. The van der Waals surface area contributed by atoms with E-state index in [2.05, 4.69) is 10.6 Å². The van der Waals surface area contributed by atoms with E-state index in [0.717, 1.165) is 32.4 Å². The van der Waals surface area contributed by atoms with Crippen LogP contribution in [0, 0.1) is 5.41 Å². The highest BCUT2D eigenvalue weighted by Crippen LogP contribution is 2.33. The maximum atomic E-state index is 12.5. The minimum Gasteiger partial charge on any atom is -0.478 e. The quantitative estimate of drug-likeness (QED) is 0.787. The SMILES string of the molecule is CCC1(C(=O)Nc2ccc(C(=O)O)cc2)CCNCC1. The number of carboxylic acid groups (broad SMARTS) is 1. The summed E-state index contributed by atoms with van der Waals surface area (Å²) in [5.74, 6) is -0.934. The number of anilines is 1. The number of rotatable bonds is 4. The summed E-state index contributed by atoms with van der Waals surface area (Å²) in [6.07, 6.45) is 2.48. The van der Waals surface area contributed by atoms with Crippen LogP contribution in [0.3, 0.4) is 0 Å². The molecule has 20 heavy (non-hydrogen) atoms. The Balaban J connectivity index is 2.08. The van der Waals surface area contributed by atoms with Crippen LogP contribution in [0.1, 0.15) is 36.5 Å². The van der Waals surface area contributed by atoms with Gasteiger partial charge in [-0.05, 0) is 56.6 Å². The number of carbonyl (C=O) groups excluding carboxylic acids is 1. The molecular formula is C15H20N2O3. The maximum Gasteiger partial charge on any atom is 0.335 e. The average Bonchev–Trinajstić information content (AvgIpc) is 2.48. The van der Waals surface area contributed by atoms with Crippen molar-refractivity contribution in [2.45, 2.75) is 26.2 Å². The number of nitrogens with one attached hydrogen (secondary N) is 2. The molecule has 1 aromatic carbocycles. The number of amides is 1. The van der Waals surface area contributed by atoms with Crippen LogP contribution in [0.25, 0.3) is 0 Å². The summed E-state index contributed by atoms with van der Waals surface area (Å²) in [4.78, 5) is 23.3. The van der Waals surface area contributed by atoms with Gasteiger partial charge in [0.2, 0.25) is 5.91 Å². The molecule has 0 aliphatic carbocycles. The lowest BCUT2D eigenvalue weighted by Crippen LogP contribution is -2.44. The fraction of sp³-hybridized carbons (Fsp3) is 0.467. The van der Waals surface area contributed by atoms with E-state index < -0.39 is 5.97 Å². The molecule has 5 heteroatoms. The summed E-state index contributed by atoms with van der Waals surface area (Å²) in [7, 11) is 0. The maximum absolute atomic E-state index is 12.5. The number of hydrogen-bond acceptors (Lipinski definition) is 3. The zero-order valence-electron chi connectivity index (χ0n) is 11.6. The molecule has 1 fully saturated rings. The second-order valence-corrected chi connectivity index (χ2v) is 5.22. The van der Waals surface area contributed by atoms with E-state index >= 15 is 0 Å². The number of piperidine rings is 1. The Morgan fingerprint density at radius 1 is 1.25 bits per heavy atom. The highest BCUT2D eigenvalue weighted by molar-refractivity contribution is 5.96. The summed E-state index contributed by atoms with van der Waals surface area (Å²) in [6, 6.07) is 6.26. The fourth-order valence-corrected chi connectivity index (χ4v) is 2.61. The molecule has 1 aliphatic heterocycles. The van der Waals surface area contributed by atoms with E-state index in [1.807, 2.05) is 6.92 Å². The van der Waals surface area contributed by atoms with E-state index in [1.165, 1.54) is 12.1 Å². The molecular weight excluding hydrogens is 256 g/mol. The van der Waals surface area contributed by atoms with Crippen LogP contribution in [0.2, 0.25) is 0 Å². The van der Waals surface area contributed by atoms with Gasteiger partial charge in [0.15, 0.2) is 0 Å². The molecule has 0 saturated carbocycles. The number of benzene rings is 1. The van der Waals surface area contributed by atoms with Gasteiger partial charge in [0.25, 0.3) is 0 Å². The van der Waals surface area contributed by atoms with Gasteiger partial charge in [-0.15, -0.1) is 0 Å². The molecule has 3 N–H and O–H groups in total. The Kier molecular flexibility index (Phi) is 4.39. The predicted octanol–water partition coefficient (Wildman–Crippen LogP) is 2.10. The van der Waals surface area contributed by atoms with Gasteiger partial charge in [0, 0.05) is 5.69 Å². The molecule has 1 aliphatic rings. The molecule has 1 heterocycles. The monoisotopic (exact) mass is 276 g/mol. The molecule has 0 atom stereocenters. The molecule has 2 rings (SSSR count). The second kappa shape index (κ2) is 6.05. The van der Waals surface area contributed by atoms with E-state index in [9.17, 15) is 9.59 Å². The second-order valence-electron chi connectivity index (χ2n) is 5.22. The van der Waals surface area contributed by atoms with Crippen molar-refractivity contribution in [3.05, 3.63) is 29.8 Å². The van der Waals surface area contributed by atoms with Crippen molar-refractivity contribution in [1.29, 1.82) is 0 Å². The van der Waals surface area contributed by atoms with Gasteiger partial charge >= 0.3 is 5.97 Å². The minimum absolute atomic E-state index is 0.0320. The summed E-state index contributed by atoms with van der Waals surface area (Å²) in [5, 5.41) is 15.0. The van der Waals surface area contributed by atoms with Crippen LogP contribution in [0.15, 0.2) is 24.3 Å². The zero-order valence-corrected chi connectivity index (χ0v) is 11.6. The van der Waals surface area contributed by atoms with Crippen molar-refractivity contribution in [3.63, 3.8) is 0 Å². The smallest absolute Gasteiger partial charge is 0.335 e. The molecule has 5 nitrogen and oxygen atoms in total. The number of carboxylic acids is 1. The number of carbonyl (C=O) groups is 2. The Hall–Kier alpha value is -1.88. The third kappa shape index (κ3) is 2.99. The van der Waals surface area contributed by atoms with E-state index in [-0.39, 0.29) is 16.9 Å². The molecule has 0 radical (unpaired) electrons. The van der Waals surface area contributed by atoms with Crippen LogP contribution < -0.4 is 10.6 Å². The normalized spacial score (nSPS) is 17.4. The van der Waals surface area contributed by atoms with Crippen molar-refractivity contribution in [3.8, 4) is 0 Å². The molecule has 0 unspecified atom stereocenters. The first-order chi connectivity index (χ1) is 9.57. The third-order valence-corrected chi connectivity index (χ3v) is 4.11. The Morgan fingerprint density at radius 2 is 1.85 bits per heavy atom. The van der Waals surface area contributed by atoms with Gasteiger partial charge in [-0.25, -0.2) is 4.79 Å². The van der Waals surface area contributed by atoms with Gasteiger partial charge in [-0.2, -0.15) is 0 Å². The number of hydrogen-bond donors (Lipinski definition) is 3. The van der Waals surface area contributed by atoms with Gasteiger partial charge < -0.3 is 15.7 Å². The number of aromatic carboxylic acids is 1. The van der Waals surface area contributed by atoms with Gasteiger partial charge in [-0.3, -0.25) is 4.79 Å². The molecule has 1 saturated heterocycles. The van der Waals surface area contributed by atoms with Crippen molar-refractivity contribution in [1.82, 2.24) is 5.32 Å². The molecule has 0 spiro atoms. The van der Waals surface area contributed by atoms with Gasteiger partial charge in [0.1, 0.15) is 0 Å². The molecule has 0 bridgehead atoms. The van der Waals surface area contributed by atoms with Gasteiger partial charge in [0.05, 0.1) is 11.0 Å². The summed E-state index contributed by atoms with van der Waals surface area (Å²) in [6.45, 7) is 3.76. The lowest BCUT2D eigenvalue weighted by atomic mass is 9.76. The van der Waals surface area contributed by atoms with Crippen LogP contribution >= 0.6 is 0 Å². The predicted molar refractivity (Wildman–Crippen MR) is 76.9 cm³/mol. The lowest BCUT2D eigenvalue weighted by Gasteiger charge is -2.35. The van der Waals surface area contributed by atoms with Crippen LogP contribution in [0.5, 0.6) is 0 Å². The minimum atomic E-state index is -0.966. The van der Waals surface area contributed by atoms with Crippen molar-refractivity contribution in [2.24, 2.45) is 5.41 Å². The first-order valence-corrected chi connectivity index (χ1v) is 6.93. The van der Waals surface area contributed by atoms with Crippen LogP contribution in [0.4, 0.5) is 5.69 Å². The Labute approximate surface area is 118 Å². The Bertz CT molecular complexity index is 490. The summed E-state index contributed by atoms with van der Waals surface area (Å²) >= 11 is 0. The highest BCUT2D eigenvalue weighted by Gasteiger charge is 2.37. The lowest BCUT2D eigenvalue weighted by molar-refractivity contribution is -0.127. The van der Waals surface area contributed by atoms with Crippen molar-refractivity contribution in [2.75, 3.05) is 18.4 Å². The fourth-order valence-electron chi connectivity index (χ4n) is 2.61. The first kappa shape index (κ1) is 14.5. The molecule has 1 aromatic rings. The van der Waals surface area contributed by atoms with Gasteiger partial charge in [-0.1, -0.05) is 6.92 Å². The van der Waals surface area contributed by atoms with Crippen molar-refractivity contribution < 1.29 is 14.7 Å². The van der Waals surface area contributed by atoms with E-state index in [0.29, 0.717) is 5.69 Å². The van der Waals surface area contributed by atoms with Crippen LogP contribution in [-0.4, -0.2) is 30.1 Å². The average molecular weight is 276 g/mol. The standard InChI is InChI=1S/C15H20N2O3/c1-2-15(7-9-16-10-8-15)14(20)17-12-5-3-11(4-6-12)13(18)19/h3-6,16H,2,7-10H2,1H3,(H,17,20)(H,18,19). The highest BCUT2D eigenvalue weighted by atomic mass is 16.4. The molecule has 108 valence electrons. The van der Waals surface area contributed by atoms with E-state index in [1.54, 1.807) is 12.1 Å². The van der Waals surface area contributed by atoms with E-state index in [4.69, 9.17) is 5.11 Å². The topological polar surface area (TPSA) is 78.4 Å². The third-order valence-electron chi connectivity index (χ3n) is 4.11. The van der Waals surface area contributed by atoms with Crippen molar-refractivity contribution >= 4 is 17.6 Å². The first-order valence-electron chi connectivity index (χ1n) is 6.93. The molecule has 1 amide bonds. The Morgan fingerprint density at radius 3 is 2.35 bits per heavy atom. The zero-order chi connectivity index (χ0) is 14.6.